The molecule has 0 unspecified atom stereocenters. The number of phenols is 1. The van der Waals surface area contributed by atoms with Gasteiger partial charge in [0.05, 0.1) is 11.3 Å². The van der Waals surface area contributed by atoms with E-state index in [1.807, 2.05) is 12.1 Å². The number of anilines is 1. The number of phenolic OH excluding ortho intramolecular Hbond substituents is 1. The first-order valence-corrected chi connectivity index (χ1v) is 5.24. The molecule has 4 nitrogen and oxygen atoms in total. The predicted octanol–water partition coefficient (Wildman–Crippen LogP) is 2.21. The van der Waals surface area contributed by atoms with Crippen LogP contribution < -0.4 is 5.32 Å². The van der Waals surface area contributed by atoms with Crippen LogP contribution in [-0.4, -0.2) is 16.0 Å². The Morgan fingerprint density at radius 3 is 2.88 bits per heavy atom. The third-order valence-corrected chi connectivity index (χ3v) is 2.71. The second kappa shape index (κ2) is 3.52. The van der Waals surface area contributed by atoms with Crippen molar-refractivity contribution < 1.29 is 9.90 Å². The Morgan fingerprint density at radius 1 is 1.24 bits per heavy atom. The number of benzene rings is 1. The molecule has 0 atom stereocenters. The summed E-state index contributed by atoms with van der Waals surface area (Å²) in [6.07, 6.45) is 3.59. The van der Waals surface area contributed by atoms with Crippen molar-refractivity contribution in [1.29, 1.82) is 0 Å². The number of hydrogen-bond donors (Lipinski definition) is 3. The van der Waals surface area contributed by atoms with Crippen molar-refractivity contribution >= 4 is 23.2 Å². The largest absolute Gasteiger partial charge is 0.508 e. The molecule has 17 heavy (non-hydrogen) atoms. The van der Waals surface area contributed by atoms with E-state index < -0.39 is 0 Å². The molecule has 1 aliphatic rings. The van der Waals surface area contributed by atoms with E-state index in [9.17, 15) is 9.90 Å². The molecule has 3 rings (SSSR count). The van der Waals surface area contributed by atoms with Gasteiger partial charge in [-0.05, 0) is 30.3 Å². The van der Waals surface area contributed by atoms with E-state index in [4.69, 9.17) is 0 Å². The summed E-state index contributed by atoms with van der Waals surface area (Å²) in [7, 11) is 0. The van der Waals surface area contributed by atoms with Gasteiger partial charge in [-0.25, -0.2) is 0 Å². The van der Waals surface area contributed by atoms with Crippen LogP contribution >= 0.6 is 0 Å². The highest BCUT2D eigenvalue weighted by Crippen LogP contribution is 2.34. The van der Waals surface area contributed by atoms with Gasteiger partial charge in [0.15, 0.2) is 0 Å². The molecular weight excluding hydrogens is 216 g/mol. The van der Waals surface area contributed by atoms with E-state index in [2.05, 4.69) is 10.3 Å². The monoisotopic (exact) mass is 226 g/mol. The highest BCUT2D eigenvalue weighted by Gasteiger charge is 2.24. The lowest BCUT2D eigenvalue weighted by Gasteiger charge is -1.98. The molecule has 0 radical (unpaired) electrons. The molecule has 0 saturated carbocycles. The van der Waals surface area contributed by atoms with E-state index in [1.165, 1.54) is 0 Å². The van der Waals surface area contributed by atoms with Crippen LogP contribution in [0.3, 0.4) is 0 Å². The number of aromatic hydroxyl groups is 1. The van der Waals surface area contributed by atoms with Crippen molar-refractivity contribution in [2.75, 3.05) is 5.32 Å². The van der Waals surface area contributed by atoms with Crippen molar-refractivity contribution in [3.8, 4) is 5.75 Å². The second-order valence-electron chi connectivity index (χ2n) is 3.87. The lowest BCUT2D eigenvalue weighted by molar-refractivity contribution is -0.110. The Morgan fingerprint density at radius 2 is 2.12 bits per heavy atom. The summed E-state index contributed by atoms with van der Waals surface area (Å²) in [5.41, 5.74) is 2.92. The second-order valence-corrected chi connectivity index (χ2v) is 3.87. The van der Waals surface area contributed by atoms with E-state index >= 15 is 0 Å². The minimum Gasteiger partial charge on any atom is -0.508 e. The molecule has 0 aliphatic carbocycles. The van der Waals surface area contributed by atoms with Crippen LogP contribution in [0.4, 0.5) is 5.69 Å². The number of aromatic amines is 1. The molecule has 1 aromatic heterocycles. The zero-order valence-electron chi connectivity index (χ0n) is 8.90. The van der Waals surface area contributed by atoms with Crippen LogP contribution in [0.25, 0.3) is 11.6 Å². The molecular formula is C13H10N2O2. The van der Waals surface area contributed by atoms with Crippen LogP contribution in [0.15, 0.2) is 36.5 Å². The van der Waals surface area contributed by atoms with Gasteiger partial charge < -0.3 is 15.4 Å². The van der Waals surface area contributed by atoms with Gasteiger partial charge >= 0.3 is 0 Å². The van der Waals surface area contributed by atoms with Gasteiger partial charge in [0.25, 0.3) is 5.91 Å². The van der Waals surface area contributed by atoms with Crippen molar-refractivity contribution in [1.82, 2.24) is 4.98 Å². The van der Waals surface area contributed by atoms with Crippen molar-refractivity contribution in [2.45, 2.75) is 0 Å². The van der Waals surface area contributed by atoms with Crippen LogP contribution in [0, 0.1) is 0 Å². The highest BCUT2D eigenvalue weighted by atomic mass is 16.3. The molecule has 0 bridgehead atoms. The first-order chi connectivity index (χ1) is 8.24. The molecule has 3 N–H and O–H groups in total. The Bertz CT molecular complexity index is 612. The van der Waals surface area contributed by atoms with Crippen LogP contribution in [0.1, 0.15) is 11.3 Å². The summed E-state index contributed by atoms with van der Waals surface area (Å²) in [5, 5.41) is 12.1. The third-order valence-electron chi connectivity index (χ3n) is 2.71. The number of carbonyl (C=O) groups excluding carboxylic acids is 1. The van der Waals surface area contributed by atoms with Gasteiger partial charge in [0.1, 0.15) is 5.75 Å². The normalized spacial score (nSPS) is 16.0. The summed E-state index contributed by atoms with van der Waals surface area (Å²) in [6, 6.07) is 8.61. The molecule has 2 aromatic rings. The molecule has 2 heterocycles. The fourth-order valence-corrected chi connectivity index (χ4v) is 1.92. The Kier molecular flexibility index (Phi) is 2.01. The van der Waals surface area contributed by atoms with Crippen molar-refractivity contribution in [3.05, 3.63) is 47.8 Å². The topological polar surface area (TPSA) is 65.1 Å². The Hall–Kier alpha value is -2.49. The van der Waals surface area contributed by atoms with Crippen molar-refractivity contribution in [3.63, 3.8) is 0 Å². The molecule has 4 heteroatoms. The van der Waals surface area contributed by atoms with Gasteiger partial charge in [0, 0.05) is 23.5 Å². The molecule has 0 fully saturated rings. The average molecular weight is 226 g/mol. The first kappa shape index (κ1) is 9.72. The summed E-state index contributed by atoms with van der Waals surface area (Å²) in [4.78, 5) is 14.8. The lowest BCUT2D eigenvalue weighted by Crippen LogP contribution is -2.03. The standard InChI is InChI=1S/C13H10N2O2/c16-9-3-4-10-11(6-8-2-1-5-14-8)13(17)15-12(10)7-9/h1-7,14,16H,(H,15,17)/b11-6-. The fourth-order valence-electron chi connectivity index (χ4n) is 1.92. The summed E-state index contributed by atoms with van der Waals surface area (Å²) < 4.78 is 0. The SMILES string of the molecule is O=C1Nc2cc(O)ccc2/C1=C/c1ccc[nH]1. The lowest BCUT2D eigenvalue weighted by atomic mass is 10.1. The number of rotatable bonds is 1. The number of carbonyl (C=O) groups is 1. The van der Waals surface area contributed by atoms with Crippen LogP contribution in [0.2, 0.25) is 0 Å². The summed E-state index contributed by atoms with van der Waals surface area (Å²) >= 11 is 0. The van der Waals surface area contributed by atoms with E-state index in [-0.39, 0.29) is 11.7 Å². The van der Waals surface area contributed by atoms with Crippen LogP contribution in [-0.2, 0) is 4.79 Å². The first-order valence-electron chi connectivity index (χ1n) is 5.24. The number of fused-ring (bicyclic) bond motifs is 1. The number of hydrogen-bond acceptors (Lipinski definition) is 2. The molecule has 0 saturated heterocycles. The van der Waals surface area contributed by atoms with Crippen LogP contribution in [0.5, 0.6) is 5.75 Å². The van der Waals surface area contributed by atoms with E-state index in [0.29, 0.717) is 11.3 Å². The molecule has 84 valence electrons. The minimum atomic E-state index is -0.153. The number of nitrogens with one attached hydrogen (secondary N) is 2. The van der Waals surface area contributed by atoms with Gasteiger partial charge in [-0.3, -0.25) is 4.79 Å². The van der Waals surface area contributed by atoms with Gasteiger partial charge in [-0.15, -0.1) is 0 Å². The third kappa shape index (κ3) is 1.59. The Balaban J connectivity index is 2.11. The van der Waals surface area contributed by atoms with Gasteiger partial charge in [-0.2, -0.15) is 0 Å². The van der Waals surface area contributed by atoms with E-state index in [1.54, 1.807) is 30.5 Å². The zero-order chi connectivity index (χ0) is 11.8. The smallest absolute Gasteiger partial charge is 0.256 e. The zero-order valence-corrected chi connectivity index (χ0v) is 8.90. The molecule has 1 aliphatic heterocycles. The summed E-state index contributed by atoms with van der Waals surface area (Å²) in [6.45, 7) is 0. The number of amides is 1. The van der Waals surface area contributed by atoms with Gasteiger partial charge in [-0.1, -0.05) is 0 Å². The molecule has 0 spiro atoms. The van der Waals surface area contributed by atoms with Crippen molar-refractivity contribution in [2.24, 2.45) is 0 Å². The quantitative estimate of drug-likeness (QED) is 0.653. The number of H-pyrrole nitrogens is 1. The summed E-state index contributed by atoms with van der Waals surface area (Å²) in [5.74, 6) is -0.00891. The molecule has 1 amide bonds. The maximum absolute atomic E-state index is 11.8. The minimum absolute atomic E-state index is 0.144. The number of aromatic nitrogens is 1. The average Bonchev–Trinajstić information content (AvgIpc) is 2.88. The van der Waals surface area contributed by atoms with Gasteiger partial charge in [0.2, 0.25) is 0 Å². The highest BCUT2D eigenvalue weighted by molar-refractivity contribution is 6.34. The van der Waals surface area contributed by atoms with E-state index in [0.717, 1.165) is 11.3 Å². The maximum atomic E-state index is 11.8. The molecule has 1 aromatic carbocycles. The predicted molar refractivity (Wildman–Crippen MR) is 65.4 cm³/mol. The Labute approximate surface area is 97.6 Å². The maximum Gasteiger partial charge on any atom is 0.256 e. The fraction of sp³-hybridized carbons (Fsp3) is 0.